The number of aromatic nitrogens is 1. The van der Waals surface area contributed by atoms with E-state index >= 15 is 0 Å². The number of anilines is 1. The molecule has 1 heterocycles. The second-order valence-electron chi connectivity index (χ2n) is 6.82. The van der Waals surface area contributed by atoms with Crippen molar-refractivity contribution >= 4 is 65.6 Å². The van der Waals surface area contributed by atoms with Crippen LogP contribution >= 0.6 is 34.5 Å². The lowest BCUT2D eigenvalue weighted by atomic mass is 10.2. The molecule has 154 valence electrons. The van der Waals surface area contributed by atoms with E-state index in [-0.39, 0.29) is 10.8 Å². The Morgan fingerprint density at radius 2 is 1.72 bits per heavy atom. The highest BCUT2D eigenvalue weighted by Gasteiger charge is 2.22. The first kappa shape index (κ1) is 22.0. The zero-order valence-corrected chi connectivity index (χ0v) is 19.2. The van der Waals surface area contributed by atoms with Gasteiger partial charge in [0, 0.05) is 35.0 Å². The Morgan fingerprint density at radius 1 is 1.07 bits per heavy atom. The molecule has 0 aliphatic heterocycles. The molecular weight excluding hydrogens is 453 g/mol. The second kappa shape index (κ2) is 8.57. The summed E-state index contributed by atoms with van der Waals surface area (Å²) in [7, 11) is 0.491. The number of hydrogen-bond acceptors (Lipinski definition) is 6. The van der Waals surface area contributed by atoms with E-state index in [1.165, 1.54) is 17.4 Å². The molecule has 1 aromatic heterocycles. The SMILES string of the molecule is CN(C)CCN(C(=O)c1cc(Cl)cc(Cl)c1)c1nc2ccc(S(C)(=O)=O)cc2s1. The highest BCUT2D eigenvalue weighted by atomic mass is 35.5. The van der Waals surface area contributed by atoms with Gasteiger partial charge in [0.2, 0.25) is 0 Å². The first-order chi connectivity index (χ1) is 13.5. The van der Waals surface area contributed by atoms with Gasteiger partial charge < -0.3 is 4.90 Å². The molecule has 0 saturated carbocycles. The first-order valence-electron chi connectivity index (χ1n) is 8.58. The monoisotopic (exact) mass is 471 g/mol. The summed E-state index contributed by atoms with van der Waals surface area (Å²) in [4.78, 5) is 21.5. The van der Waals surface area contributed by atoms with Gasteiger partial charge in [-0.3, -0.25) is 9.69 Å². The van der Waals surface area contributed by atoms with Crippen molar-refractivity contribution < 1.29 is 13.2 Å². The number of carbonyl (C=O) groups excluding carboxylic acids is 1. The molecule has 2 aromatic carbocycles. The molecule has 10 heteroatoms. The molecule has 6 nitrogen and oxygen atoms in total. The topological polar surface area (TPSA) is 70.6 Å². The van der Waals surface area contributed by atoms with Crippen molar-refractivity contribution in [3.8, 4) is 0 Å². The van der Waals surface area contributed by atoms with Crippen LogP contribution in [0.3, 0.4) is 0 Å². The summed E-state index contributed by atoms with van der Waals surface area (Å²) in [6, 6.07) is 9.44. The third-order valence-electron chi connectivity index (χ3n) is 4.13. The van der Waals surface area contributed by atoms with Crippen LogP contribution in [0.15, 0.2) is 41.3 Å². The molecule has 29 heavy (non-hydrogen) atoms. The normalized spacial score (nSPS) is 11.9. The van der Waals surface area contributed by atoms with E-state index in [9.17, 15) is 13.2 Å². The number of rotatable bonds is 6. The number of sulfone groups is 1. The zero-order chi connectivity index (χ0) is 21.3. The third-order valence-corrected chi connectivity index (χ3v) is 6.72. The maximum Gasteiger partial charge on any atom is 0.260 e. The first-order valence-corrected chi connectivity index (χ1v) is 12.0. The zero-order valence-electron chi connectivity index (χ0n) is 16.0. The van der Waals surface area contributed by atoms with Crippen molar-refractivity contribution in [1.29, 1.82) is 0 Å². The number of likely N-dealkylation sites (N-methyl/N-ethyl adjacent to an activating group) is 1. The lowest BCUT2D eigenvalue weighted by molar-refractivity contribution is 0.0985. The van der Waals surface area contributed by atoms with E-state index < -0.39 is 9.84 Å². The molecule has 0 aliphatic rings. The minimum Gasteiger partial charge on any atom is -0.308 e. The van der Waals surface area contributed by atoms with E-state index in [1.54, 1.807) is 35.2 Å². The van der Waals surface area contributed by atoms with E-state index in [4.69, 9.17) is 23.2 Å². The molecule has 0 fully saturated rings. The molecule has 0 bridgehead atoms. The number of carbonyl (C=O) groups is 1. The lowest BCUT2D eigenvalue weighted by Crippen LogP contribution is -2.36. The summed E-state index contributed by atoms with van der Waals surface area (Å²) in [6.07, 6.45) is 1.16. The smallest absolute Gasteiger partial charge is 0.260 e. The van der Waals surface area contributed by atoms with Crippen LogP contribution in [0.2, 0.25) is 10.0 Å². The largest absolute Gasteiger partial charge is 0.308 e. The molecular formula is C19H19Cl2N3O3S2. The van der Waals surface area contributed by atoms with E-state index in [2.05, 4.69) is 4.98 Å². The Bertz CT molecular complexity index is 1160. The number of amides is 1. The maximum absolute atomic E-state index is 13.2. The summed E-state index contributed by atoms with van der Waals surface area (Å²) < 4.78 is 24.4. The van der Waals surface area contributed by atoms with Gasteiger partial charge in [-0.2, -0.15) is 0 Å². The summed E-state index contributed by atoms with van der Waals surface area (Å²) in [5, 5.41) is 1.22. The summed E-state index contributed by atoms with van der Waals surface area (Å²) in [5.74, 6) is -0.279. The fourth-order valence-corrected chi connectivity index (χ4v) is 4.93. The van der Waals surface area contributed by atoms with Crippen molar-refractivity contribution in [3.63, 3.8) is 0 Å². The van der Waals surface area contributed by atoms with Crippen LogP contribution in [0, 0.1) is 0 Å². The predicted octanol–water partition coefficient (Wildman–Crippen LogP) is 4.22. The molecule has 0 radical (unpaired) electrons. The minimum atomic E-state index is -3.33. The van der Waals surface area contributed by atoms with Gasteiger partial charge in [-0.15, -0.1) is 0 Å². The third kappa shape index (κ3) is 5.26. The molecule has 3 rings (SSSR count). The Morgan fingerprint density at radius 3 is 2.31 bits per heavy atom. The molecule has 1 amide bonds. The standard InChI is InChI=1S/C19H19Cl2N3O3S2/c1-23(2)6-7-24(18(25)12-8-13(20)10-14(21)9-12)19-22-16-5-4-15(29(3,26)27)11-17(16)28-19/h4-5,8-11H,6-7H2,1-3H3. The summed E-state index contributed by atoms with van der Waals surface area (Å²) in [6.45, 7) is 1.01. The van der Waals surface area contributed by atoms with Gasteiger partial charge in [-0.05, 0) is 50.5 Å². The van der Waals surface area contributed by atoms with Crippen LogP contribution in [0.25, 0.3) is 10.2 Å². The Labute approximate surface area is 183 Å². The van der Waals surface area contributed by atoms with Gasteiger partial charge >= 0.3 is 0 Å². The van der Waals surface area contributed by atoms with Gasteiger partial charge in [0.25, 0.3) is 5.91 Å². The Balaban J connectivity index is 2.05. The van der Waals surface area contributed by atoms with E-state index in [0.717, 1.165) is 6.26 Å². The number of nitrogens with zero attached hydrogens (tertiary/aromatic N) is 3. The van der Waals surface area contributed by atoms with E-state index in [1.807, 2.05) is 19.0 Å². The fraction of sp³-hybridized carbons (Fsp3) is 0.263. The van der Waals surface area contributed by atoms with Crippen molar-refractivity contribution in [2.24, 2.45) is 0 Å². The molecule has 0 spiro atoms. The lowest BCUT2D eigenvalue weighted by Gasteiger charge is -2.22. The number of thiazole rings is 1. The number of hydrogen-bond donors (Lipinski definition) is 0. The van der Waals surface area contributed by atoms with Crippen LogP contribution in [0.5, 0.6) is 0 Å². The highest BCUT2D eigenvalue weighted by molar-refractivity contribution is 7.90. The average Bonchev–Trinajstić information content (AvgIpc) is 3.02. The fourth-order valence-electron chi connectivity index (χ4n) is 2.66. The number of halogens is 2. The van der Waals surface area contributed by atoms with Gasteiger partial charge in [0.15, 0.2) is 15.0 Å². The Kier molecular flexibility index (Phi) is 6.50. The molecule has 0 unspecified atom stereocenters. The second-order valence-corrected chi connectivity index (χ2v) is 10.7. The minimum absolute atomic E-state index is 0.216. The van der Waals surface area contributed by atoms with Crippen molar-refractivity contribution in [1.82, 2.24) is 9.88 Å². The van der Waals surface area contributed by atoms with Crippen LogP contribution < -0.4 is 4.90 Å². The molecule has 0 saturated heterocycles. The molecule has 0 N–H and O–H groups in total. The van der Waals surface area contributed by atoms with Crippen LogP contribution in [0.4, 0.5) is 5.13 Å². The summed E-state index contributed by atoms with van der Waals surface area (Å²) in [5.41, 5.74) is 0.988. The molecule has 0 aliphatic carbocycles. The van der Waals surface area contributed by atoms with Gasteiger partial charge in [0.1, 0.15) is 0 Å². The highest BCUT2D eigenvalue weighted by Crippen LogP contribution is 2.32. The van der Waals surface area contributed by atoms with E-state index in [0.29, 0.717) is 44.0 Å². The predicted molar refractivity (Wildman–Crippen MR) is 119 cm³/mol. The van der Waals surface area contributed by atoms with Gasteiger partial charge in [-0.1, -0.05) is 34.5 Å². The number of fused-ring (bicyclic) bond motifs is 1. The van der Waals surface area contributed by atoms with Gasteiger partial charge in [0.05, 0.1) is 15.1 Å². The van der Waals surface area contributed by atoms with Crippen LogP contribution in [-0.2, 0) is 9.84 Å². The van der Waals surface area contributed by atoms with Crippen molar-refractivity contribution in [3.05, 3.63) is 52.0 Å². The number of benzene rings is 2. The maximum atomic E-state index is 13.2. The average molecular weight is 472 g/mol. The van der Waals surface area contributed by atoms with Gasteiger partial charge in [-0.25, -0.2) is 13.4 Å². The van der Waals surface area contributed by atoms with Crippen LogP contribution in [0.1, 0.15) is 10.4 Å². The van der Waals surface area contributed by atoms with Crippen LogP contribution in [-0.4, -0.2) is 57.6 Å². The van der Waals surface area contributed by atoms with Crippen molar-refractivity contribution in [2.45, 2.75) is 4.90 Å². The summed E-state index contributed by atoms with van der Waals surface area (Å²) >= 11 is 13.4. The molecule has 3 aromatic rings. The Hall–Kier alpha value is -1.71. The quantitative estimate of drug-likeness (QED) is 0.538. The molecule has 0 atom stereocenters. The van der Waals surface area contributed by atoms with Crippen molar-refractivity contribution in [2.75, 3.05) is 38.3 Å².